The highest BCUT2D eigenvalue weighted by Gasteiger charge is 2.21. The number of piperidine rings is 1. The van der Waals surface area contributed by atoms with Gasteiger partial charge in [-0.05, 0) is 59.5 Å². The van der Waals surface area contributed by atoms with E-state index in [0.29, 0.717) is 6.54 Å². The minimum Gasteiger partial charge on any atom is -0.327 e. The maximum atomic E-state index is 11.9. The summed E-state index contributed by atoms with van der Waals surface area (Å²) < 4.78 is 1.14. The molecule has 1 amide bonds. The van der Waals surface area contributed by atoms with E-state index in [9.17, 15) is 4.79 Å². The van der Waals surface area contributed by atoms with E-state index in [1.807, 2.05) is 24.3 Å². The lowest BCUT2D eigenvalue weighted by molar-refractivity contribution is -0.897. The zero-order valence-electron chi connectivity index (χ0n) is 10.7. The third-order valence-electron chi connectivity index (χ3n) is 3.50. The molecule has 1 aromatic carbocycles. The molecule has 0 spiro atoms. The van der Waals surface area contributed by atoms with E-state index in [4.69, 9.17) is 0 Å². The Balaban J connectivity index is 1.82. The van der Waals surface area contributed by atoms with E-state index in [1.165, 1.54) is 17.7 Å². The van der Waals surface area contributed by atoms with Crippen LogP contribution in [-0.4, -0.2) is 25.5 Å². The fourth-order valence-corrected chi connectivity index (χ4v) is 2.89. The molecule has 0 bridgehead atoms. The highest BCUT2D eigenvalue weighted by Crippen LogP contribution is 2.12. The van der Waals surface area contributed by atoms with Crippen molar-refractivity contribution in [2.75, 3.05) is 25.0 Å². The van der Waals surface area contributed by atoms with Crippen molar-refractivity contribution < 1.29 is 9.69 Å². The zero-order chi connectivity index (χ0) is 13.0. The molecule has 2 N–H and O–H groups in total. The molecule has 18 heavy (non-hydrogen) atoms. The molecule has 1 aromatic rings. The van der Waals surface area contributed by atoms with Gasteiger partial charge in [0.2, 0.25) is 0 Å². The molecular formula is C14H20IN2O+. The average Bonchev–Trinajstić information content (AvgIpc) is 2.32. The monoisotopic (exact) mass is 359 g/mol. The number of rotatable bonds is 3. The van der Waals surface area contributed by atoms with Crippen molar-refractivity contribution in [3.05, 3.63) is 27.8 Å². The minimum absolute atomic E-state index is 0.126. The normalized spacial score (nSPS) is 23.7. The molecule has 0 atom stereocenters. The maximum absolute atomic E-state index is 11.9. The van der Waals surface area contributed by atoms with Gasteiger partial charge in [-0.15, -0.1) is 0 Å². The SMILES string of the molecule is CC1CC[NH+](CC(=O)Nc2cccc(I)c2)CC1. The van der Waals surface area contributed by atoms with Crippen LogP contribution in [0.15, 0.2) is 24.3 Å². The van der Waals surface area contributed by atoms with Crippen LogP contribution in [0.1, 0.15) is 19.8 Å². The summed E-state index contributed by atoms with van der Waals surface area (Å²) in [6, 6.07) is 7.92. The van der Waals surface area contributed by atoms with Gasteiger partial charge in [0, 0.05) is 9.26 Å². The summed E-state index contributed by atoms with van der Waals surface area (Å²) >= 11 is 2.25. The number of likely N-dealkylation sites (tertiary alicyclic amines) is 1. The lowest BCUT2D eigenvalue weighted by atomic mass is 9.99. The van der Waals surface area contributed by atoms with Gasteiger partial charge in [0.15, 0.2) is 6.54 Å². The van der Waals surface area contributed by atoms with Crippen molar-refractivity contribution in [3.8, 4) is 0 Å². The summed E-state index contributed by atoms with van der Waals surface area (Å²) in [4.78, 5) is 13.4. The molecule has 98 valence electrons. The summed E-state index contributed by atoms with van der Waals surface area (Å²) in [5.41, 5.74) is 0.900. The Hall–Kier alpha value is -0.620. The van der Waals surface area contributed by atoms with Crippen LogP contribution < -0.4 is 10.2 Å². The molecule has 1 aliphatic heterocycles. The minimum atomic E-state index is 0.126. The van der Waals surface area contributed by atoms with Crippen LogP contribution in [0.3, 0.4) is 0 Å². The number of carbonyl (C=O) groups excluding carboxylic acids is 1. The second kappa shape index (κ2) is 6.52. The Morgan fingerprint density at radius 1 is 1.44 bits per heavy atom. The van der Waals surface area contributed by atoms with Gasteiger partial charge >= 0.3 is 0 Å². The summed E-state index contributed by atoms with van der Waals surface area (Å²) in [5, 5.41) is 2.98. The summed E-state index contributed by atoms with van der Waals surface area (Å²) in [7, 11) is 0. The summed E-state index contributed by atoms with van der Waals surface area (Å²) in [6.07, 6.45) is 2.48. The first-order valence-corrected chi connectivity index (χ1v) is 7.60. The van der Waals surface area contributed by atoms with Gasteiger partial charge in [-0.2, -0.15) is 0 Å². The number of amides is 1. The number of carbonyl (C=O) groups is 1. The Morgan fingerprint density at radius 3 is 2.83 bits per heavy atom. The molecule has 1 saturated heterocycles. The van der Waals surface area contributed by atoms with Crippen LogP contribution in [0.25, 0.3) is 0 Å². The van der Waals surface area contributed by atoms with Crippen molar-refractivity contribution in [3.63, 3.8) is 0 Å². The van der Waals surface area contributed by atoms with E-state index < -0.39 is 0 Å². The number of hydrogen-bond donors (Lipinski definition) is 2. The highest BCUT2D eigenvalue weighted by atomic mass is 127. The standard InChI is InChI=1S/C14H19IN2O/c1-11-5-7-17(8-6-11)10-14(18)16-13-4-2-3-12(15)9-13/h2-4,9,11H,5-8,10H2,1H3,(H,16,18)/p+1. The maximum Gasteiger partial charge on any atom is 0.279 e. The Labute approximate surface area is 122 Å². The first-order chi connectivity index (χ1) is 8.63. The predicted octanol–water partition coefficient (Wildman–Crippen LogP) is 1.54. The predicted molar refractivity (Wildman–Crippen MR) is 81.8 cm³/mol. The Morgan fingerprint density at radius 2 is 2.17 bits per heavy atom. The van der Waals surface area contributed by atoms with Crippen molar-refractivity contribution in [1.29, 1.82) is 0 Å². The van der Waals surface area contributed by atoms with Gasteiger partial charge in [-0.3, -0.25) is 4.79 Å². The van der Waals surface area contributed by atoms with Crippen molar-refractivity contribution in [2.45, 2.75) is 19.8 Å². The molecule has 4 heteroatoms. The molecule has 1 heterocycles. The van der Waals surface area contributed by atoms with E-state index >= 15 is 0 Å². The first kappa shape index (κ1) is 13.8. The zero-order valence-corrected chi connectivity index (χ0v) is 12.9. The fraction of sp³-hybridized carbons (Fsp3) is 0.500. The number of halogens is 1. The summed E-state index contributed by atoms with van der Waals surface area (Å²) in [6.45, 7) is 5.14. The van der Waals surface area contributed by atoms with E-state index in [-0.39, 0.29) is 5.91 Å². The third-order valence-corrected chi connectivity index (χ3v) is 4.17. The topological polar surface area (TPSA) is 33.5 Å². The van der Waals surface area contributed by atoms with Gasteiger partial charge in [0.05, 0.1) is 13.1 Å². The third kappa shape index (κ3) is 4.24. The van der Waals surface area contributed by atoms with E-state index in [0.717, 1.165) is 28.3 Å². The van der Waals surface area contributed by atoms with Gasteiger partial charge in [-0.1, -0.05) is 13.0 Å². The molecule has 3 nitrogen and oxygen atoms in total. The highest BCUT2D eigenvalue weighted by molar-refractivity contribution is 14.1. The van der Waals surface area contributed by atoms with Crippen LogP contribution in [0, 0.1) is 9.49 Å². The molecular weight excluding hydrogens is 339 g/mol. The number of anilines is 1. The number of quaternary nitrogens is 1. The molecule has 0 radical (unpaired) electrons. The van der Waals surface area contributed by atoms with Gasteiger partial charge in [0.1, 0.15) is 0 Å². The van der Waals surface area contributed by atoms with Crippen molar-refractivity contribution >= 4 is 34.2 Å². The van der Waals surface area contributed by atoms with Crippen LogP contribution in [-0.2, 0) is 4.79 Å². The molecule has 0 aromatic heterocycles. The molecule has 0 saturated carbocycles. The number of nitrogens with one attached hydrogen (secondary N) is 2. The smallest absolute Gasteiger partial charge is 0.279 e. The van der Waals surface area contributed by atoms with Crippen LogP contribution in [0.4, 0.5) is 5.69 Å². The first-order valence-electron chi connectivity index (χ1n) is 6.52. The van der Waals surface area contributed by atoms with Gasteiger partial charge in [-0.25, -0.2) is 0 Å². The molecule has 2 rings (SSSR count). The van der Waals surface area contributed by atoms with Crippen LogP contribution in [0.2, 0.25) is 0 Å². The molecule has 1 fully saturated rings. The lowest BCUT2D eigenvalue weighted by Crippen LogP contribution is -3.14. The lowest BCUT2D eigenvalue weighted by Gasteiger charge is -2.26. The number of hydrogen-bond acceptors (Lipinski definition) is 1. The molecule has 0 unspecified atom stereocenters. The van der Waals surface area contributed by atoms with E-state index in [2.05, 4.69) is 34.8 Å². The van der Waals surface area contributed by atoms with Crippen LogP contribution in [0.5, 0.6) is 0 Å². The fourth-order valence-electron chi connectivity index (χ4n) is 2.35. The summed E-state index contributed by atoms with van der Waals surface area (Å²) in [5.74, 6) is 0.953. The number of benzene rings is 1. The second-order valence-electron chi connectivity index (χ2n) is 5.17. The Bertz CT molecular complexity index is 414. The quantitative estimate of drug-likeness (QED) is 0.789. The Kier molecular flexibility index (Phi) is 5.00. The average molecular weight is 359 g/mol. The van der Waals surface area contributed by atoms with Crippen LogP contribution >= 0.6 is 22.6 Å². The van der Waals surface area contributed by atoms with Crippen molar-refractivity contribution in [2.24, 2.45) is 5.92 Å². The van der Waals surface area contributed by atoms with Crippen molar-refractivity contribution in [1.82, 2.24) is 0 Å². The van der Waals surface area contributed by atoms with E-state index in [1.54, 1.807) is 0 Å². The second-order valence-corrected chi connectivity index (χ2v) is 6.41. The van der Waals surface area contributed by atoms with Gasteiger partial charge in [0.25, 0.3) is 5.91 Å². The molecule has 1 aliphatic rings. The molecule has 0 aliphatic carbocycles. The largest absolute Gasteiger partial charge is 0.327 e. The van der Waals surface area contributed by atoms with Gasteiger partial charge < -0.3 is 10.2 Å².